The summed E-state index contributed by atoms with van der Waals surface area (Å²) in [5.41, 5.74) is 6.53. The van der Waals surface area contributed by atoms with Crippen molar-refractivity contribution in [3.63, 3.8) is 0 Å². The smallest absolute Gasteiger partial charge is 0.242 e. The maximum atomic E-state index is 12.5. The van der Waals surface area contributed by atoms with Crippen LogP contribution in [-0.4, -0.2) is 36.0 Å². The molecular formula is C14H22N2O2S. The Morgan fingerprint density at radius 1 is 1.68 bits per heavy atom. The van der Waals surface area contributed by atoms with Gasteiger partial charge in [0.2, 0.25) is 5.91 Å². The predicted octanol–water partition coefficient (Wildman–Crippen LogP) is 2.17. The van der Waals surface area contributed by atoms with E-state index in [1.807, 2.05) is 24.1 Å². The first-order chi connectivity index (χ1) is 9.04. The van der Waals surface area contributed by atoms with Crippen LogP contribution in [0.15, 0.2) is 16.8 Å². The van der Waals surface area contributed by atoms with Crippen LogP contribution in [0.5, 0.6) is 0 Å². The molecule has 1 aromatic heterocycles. The lowest BCUT2D eigenvalue weighted by atomic mass is 9.95. The quantitative estimate of drug-likeness (QED) is 0.920. The summed E-state index contributed by atoms with van der Waals surface area (Å²) < 4.78 is 5.75. The normalized spacial score (nSPS) is 23.1. The number of thiophene rings is 1. The molecule has 4 nitrogen and oxygen atoms in total. The minimum Gasteiger partial charge on any atom is -0.370 e. The zero-order chi connectivity index (χ0) is 13.9. The Labute approximate surface area is 118 Å². The zero-order valence-electron chi connectivity index (χ0n) is 11.6. The highest BCUT2D eigenvalue weighted by molar-refractivity contribution is 7.07. The third kappa shape index (κ3) is 3.35. The fourth-order valence-electron chi connectivity index (χ4n) is 2.48. The maximum Gasteiger partial charge on any atom is 0.242 e. The molecule has 0 spiro atoms. The van der Waals surface area contributed by atoms with E-state index < -0.39 is 5.54 Å². The molecule has 106 valence electrons. The van der Waals surface area contributed by atoms with Crippen LogP contribution in [0.3, 0.4) is 0 Å². The molecule has 19 heavy (non-hydrogen) atoms. The summed E-state index contributed by atoms with van der Waals surface area (Å²) in [6, 6.07) is 2.05. The molecule has 2 heterocycles. The zero-order valence-corrected chi connectivity index (χ0v) is 12.4. The van der Waals surface area contributed by atoms with E-state index in [0.717, 1.165) is 12.0 Å². The molecule has 0 bridgehead atoms. The van der Waals surface area contributed by atoms with Crippen molar-refractivity contribution in [1.82, 2.24) is 4.90 Å². The molecule has 1 fully saturated rings. The standard InChI is InChI=1S/C14H22N2O2S/c1-3-5-14(2,15)13(17)16-6-7-18-12(9-16)11-4-8-19-10-11/h4,8,10,12H,3,5-7,9,15H2,1-2H3. The van der Waals surface area contributed by atoms with Crippen molar-refractivity contribution in [1.29, 1.82) is 0 Å². The van der Waals surface area contributed by atoms with E-state index in [-0.39, 0.29) is 12.0 Å². The first-order valence-electron chi connectivity index (χ1n) is 6.76. The summed E-state index contributed by atoms with van der Waals surface area (Å²) in [7, 11) is 0. The molecule has 2 N–H and O–H groups in total. The van der Waals surface area contributed by atoms with Crippen LogP contribution < -0.4 is 5.73 Å². The van der Waals surface area contributed by atoms with Crippen LogP contribution >= 0.6 is 11.3 Å². The number of hydrogen-bond acceptors (Lipinski definition) is 4. The van der Waals surface area contributed by atoms with E-state index in [4.69, 9.17) is 10.5 Å². The summed E-state index contributed by atoms with van der Waals surface area (Å²) in [5, 5.41) is 4.11. The van der Waals surface area contributed by atoms with E-state index in [1.165, 1.54) is 0 Å². The Hall–Kier alpha value is -0.910. The number of amides is 1. The third-order valence-corrected chi connectivity index (χ3v) is 4.23. The molecule has 0 radical (unpaired) electrons. The molecule has 1 amide bonds. The van der Waals surface area contributed by atoms with Gasteiger partial charge in [-0.25, -0.2) is 0 Å². The van der Waals surface area contributed by atoms with Gasteiger partial charge < -0.3 is 15.4 Å². The monoisotopic (exact) mass is 282 g/mol. The number of carbonyl (C=O) groups excluding carboxylic acids is 1. The van der Waals surface area contributed by atoms with Gasteiger partial charge in [0.15, 0.2) is 0 Å². The molecule has 2 rings (SSSR count). The van der Waals surface area contributed by atoms with Crippen LogP contribution in [0, 0.1) is 0 Å². The van der Waals surface area contributed by atoms with Gasteiger partial charge in [-0.15, -0.1) is 0 Å². The number of carbonyl (C=O) groups is 1. The summed E-state index contributed by atoms with van der Waals surface area (Å²) in [5.74, 6) is 0.0397. The highest BCUT2D eigenvalue weighted by Crippen LogP contribution is 2.25. The largest absolute Gasteiger partial charge is 0.370 e. The lowest BCUT2D eigenvalue weighted by Gasteiger charge is -2.37. The molecule has 0 aliphatic carbocycles. The third-order valence-electron chi connectivity index (χ3n) is 3.53. The first kappa shape index (κ1) is 14.5. The van der Waals surface area contributed by atoms with E-state index in [2.05, 4.69) is 11.4 Å². The Bertz CT molecular complexity index is 417. The second kappa shape index (κ2) is 6.03. The Balaban J connectivity index is 2.03. The SMILES string of the molecule is CCCC(C)(N)C(=O)N1CCOC(c2ccsc2)C1. The summed E-state index contributed by atoms with van der Waals surface area (Å²) >= 11 is 1.65. The minimum absolute atomic E-state index is 0.0126. The predicted molar refractivity (Wildman–Crippen MR) is 77.1 cm³/mol. The minimum atomic E-state index is -0.759. The molecule has 1 aromatic rings. The highest BCUT2D eigenvalue weighted by Gasteiger charge is 2.35. The topological polar surface area (TPSA) is 55.6 Å². The molecule has 1 aliphatic heterocycles. The lowest BCUT2D eigenvalue weighted by molar-refractivity contribution is -0.144. The van der Waals surface area contributed by atoms with Crippen LogP contribution in [0.4, 0.5) is 0 Å². The van der Waals surface area contributed by atoms with Crippen LogP contribution in [0.25, 0.3) is 0 Å². The Morgan fingerprint density at radius 3 is 3.11 bits per heavy atom. The molecule has 1 saturated heterocycles. The van der Waals surface area contributed by atoms with Crippen LogP contribution in [0.2, 0.25) is 0 Å². The van der Waals surface area contributed by atoms with Crippen LogP contribution in [-0.2, 0) is 9.53 Å². The first-order valence-corrected chi connectivity index (χ1v) is 7.71. The molecule has 5 heteroatoms. The Kier molecular flexibility index (Phi) is 4.60. The average molecular weight is 282 g/mol. The van der Waals surface area contributed by atoms with Crippen molar-refractivity contribution in [2.75, 3.05) is 19.7 Å². The average Bonchev–Trinajstić information content (AvgIpc) is 2.92. The Morgan fingerprint density at radius 2 is 2.47 bits per heavy atom. The van der Waals surface area contributed by atoms with Gasteiger partial charge in [-0.3, -0.25) is 4.79 Å². The number of morpholine rings is 1. The van der Waals surface area contributed by atoms with Gasteiger partial charge in [-0.05, 0) is 35.7 Å². The van der Waals surface area contributed by atoms with Gasteiger partial charge in [0.1, 0.15) is 6.10 Å². The second-order valence-corrected chi connectivity index (χ2v) is 6.11. The molecule has 2 atom stereocenters. The number of rotatable bonds is 4. The van der Waals surface area contributed by atoms with Gasteiger partial charge >= 0.3 is 0 Å². The number of ether oxygens (including phenoxy) is 1. The number of hydrogen-bond donors (Lipinski definition) is 1. The van der Waals surface area contributed by atoms with Crippen molar-refractivity contribution in [2.45, 2.75) is 38.3 Å². The van der Waals surface area contributed by atoms with Gasteiger partial charge in [0.05, 0.1) is 18.7 Å². The maximum absolute atomic E-state index is 12.5. The van der Waals surface area contributed by atoms with Crippen LogP contribution in [0.1, 0.15) is 38.4 Å². The number of nitrogens with zero attached hydrogens (tertiary/aromatic N) is 1. The van der Waals surface area contributed by atoms with Crippen molar-refractivity contribution >= 4 is 17.2 Å². The van der Waals surface area contributed by atoms with Gasteiger partial charge in [-0.2, -0.15) is 11.3 Å². The summed E-state index contributed by atoms with van der Waals surface area (Å²) in [6.45, 7) is 5.69. The van der Waals surface area contributed by atoms with Crippen molar-refractivity contribution in [3.05, 3.63) is 22.4 Å². The van der Waals surface area contributed by atoms with Gasteiger partial charge in [0, 0.05) is 6.54 Å². The van der Waals surface area contributed by atoms with E-state index in [9.17, 15) is 4.79 Å². The van der Waals surface area contributed by atoms with E-state index in [1.54, 1.807) is 11.3 Å². The summed E-state index contributed by atoms with van der Waals surface area (Å²) in [4.78, 5) is 14.3. The van der Waals surface area contributed by atoms with E-state index in [0.29, 0.717) is 26.1 Å². The van der Waals surface area contributed by atoms with Crippen molar-refractivity contribution in [2.24, 2.45) is 5.73 Å². The molecule has 0 aromatic carbocycles. The fraction of sp³-hybridized carbons (Fsp3) is 0.643. The molecule has 2 unspecified atom stereocenters. The summed E-state index contributed by atoms with van der Waals surface area (Å²) in [6.07, 6.45) is 1.62. The lowest BCUT2D eigenvalue weighted by Crippen LogP contribution is -2.56. The second-order valence-electron chi connectivity index (χ2n) is 5.33. The highest BCUT2D eigenvalue weighted by atomic mass is 32.1. The van der Waals surface area contributed by atoms with Gasteiger partial charge in [0.25, 0.3) is 0 Å². The van der Waals surface area contributed by atoms with E-state index >= 15 is 0 Å². The molecular weight excluding hydrogens is 260 g/mol. The van der Waals surface area contributed by atoms with Gasteiger partial charge in [-0.1, -0.05) is 13.3 Å². The van der Waals surface area contributed by atoms with Crippen molar-refractivity contribution < 1.29 is 9.53 Å². The number of nitrogens with two attached hydrogens (primary N) is 1. The molecule has 0 saturated carbocycles. The fourth-order valence-corrected chi connectivity index (χ4v) is 3.18. The van der Waals surface area contributed by atoms with Crippen molar-refractivity contribution in [3.8, 4) is 0 Å². The molecule has 1 aliphatic rings.